The van der Waals surface area contributed by atoms with Crippen molar-refractivity contribution in [2.45, 2.75) is 25.7 Å². The topological polar surface area (TPSA) is 43.4 Å². The summed E-state index contributed by atoms with van der Waals surface area (Å²) < 4.78 is 0. The summed E-state index contributed by atoms with van der Waals surface area (Å²) in [6, 6.07) is 21.5. The lowest BCUT2D eigenvalue weighted by Crippen LogP contribution is -2.47. The van der Waals surface area contributed by atoms with Gasteiger partial charge in [0, 0.05) is 64.0 Å². The highest BCUT2D eigenvalue weighted by atomic mass is 15.4. The summed E-state index contributed by atoms with van der Waals surface area (Å²) in [5.41, 5.74) is 6.36. The fraction of sp³-hybridized carbons (Fsp3) is 0.320. The van der Waals surface area contributed by atoms with Crippen molar-refractivity contribution >= 4 is 11.4 Å². The Morgan fingerprint density at radius 3 is 1.77 bits per heavy atom. The molecule has 4 rings (SSSR count). The van der Waals surface area contributed by atoms with Gasteiger partial charge in [-0.15, -0.1) is 0 Å². The smallest absolute Gasteiger partial charge is 0.0893 e. The molecule has 156 valence electrons. The number of hydrogen-bond donors (Lipinski definition) is 2. The molecule has 5 heteroatoms. The minimum atomic E-state index is 0.219. The second-order valence-electron chi connectivity index (χ2n) is 7.76. The van der Waals surface area contributed by atoms with Gasteiger partial charge in [0.1, 0.15) is 0 Å². The van der Waals surface area contributed by atoms with Gasteiger partial charge >= 0.3 is 0 Å². The first-order valence-corrected chi connectivity index (χ1v) is 10.7. The molecule has 0 aliphatic carbocycles. The standard InChI is InChI=1S/C25H31N5/c1-26-23-10-5-3-8-21(23)18-29-16-7-17-30(25(29)20-12-14-28-15-13-20)19-22-9-4-6-11-24(22)27-2/h3-6,8-15,25-27H,7,16-19H2,1-2H3. The molecule has 3 aromatic rings. The minimum absolute atomic E-state index is 0.219. The number of aromatic nitrogens is 1. The Morgan fingerprint density at radius 1 is 0.767 bits per heavy atom. The Balaban J connectivity index is 1.66. The maximum absolute atomic E-state index is 4.26. The molecular weight excluding hydrogens is 370 g/mol. The largest absolute Gasteiger partial charge is 0.388 e. The summed E-state index contributed by atoms with van der Waals surface area (Å²) in [6.45, 7) is 3.98. The SMILES string of the molecule is CNc1ccccc1CN1CCCN(Cc2ccccc2NC)C1c1ccncc1. The Kier molecular flexibility index (Phi) is 6.62. The van der Waals surface area contributed by atoms with E-state index in [1.165, 1.54) is 28.1 Å². The molecule has 2 aromatic carbocycles. The maximum atomic E-state index is 4.26. The molecule has 1 saturated heterocycles. The van der Waals surface area contributed by atoms with Crippen LogP contribution in [0.1, 0.15) is 29.3 Å². The summed E-state index contributed by atoms with van der Waals surface area (Å²) in [5, 5.41) is 6.69. The molecule has 5 nitrogen and oxygen atoms in total. The average Bonchev–Trinajstić information content (AvgIpc) is 2.80. The van der Waals surface area contributed by atoms with E-state index in [2.05, 4.69) is 86.1 Å². The minimum Gasteiger partial charge on any atom is -0.388 e. The van der Waals surface area contributed by atoms with E-state index in [1.807, 2.05) is 26.5 Å². The first-order chi connectivity index (χ1) is 14.8. The Morgan fingerprint density at radius 2 is 1.27 bits per heavy atom. The molecule has 0 amide bonds. The third kappa shape index (κ3) is 4.48. The van der Waals surface area contributed by atoms with Gasteiger partial charge < -0.3 is 10.6 Å². The molecular formula is C25H31N5. The lowest BCUT2D eigenvalue weighted by molar-refractivity contribution is -0.00890. The fourth-order valence-electron chi connectivity index (χ4n) is 4.48. The quantitative estimate of drug-likeness (QED) is 0.607. The van der Waals surface area contributed by atoms with Crippen molar-refractivity contribution in [1.82, 2.24) is 14.8 Å². The molecule has 2 N–H and O–H groups in total. The van der Waals surface area contributed by atoms with Gasteiger partial charge in [-0.05, 0) is 47.4 Å². The molecule has 0 unspecified atom stereocenters. The van der Waals surface area contributed by atoms with E-state index in [-0.39, 0.29) is 6.17 Å². The molecule has 0 radical (unpaired) electrons. The van der Waals surface area contributed by atoms with Crippen LogP contribution in [-0.4, -0.2) is 42.0 Å². The molecule has 0 spiro atoms. The van der Waals surface area contributed by atoms with Crippen LogP contribution >= 0.6 is 0 Å². The Bertz CT molecular complexity index is 886. The first kappa shape index (κ1) is 20.4. The highest BCUT2D eigenvalue weighted by Gasteiger charge is 2.31. The van der Waals surface area contributed by atoms with Gasteiger partial charge in [-0.1, -0.05) is 36.4 Å². The molecule has 0 saturated carbocycles. The van der Waals surface area contributed by atoms with E-state index in [9.17, 15) is 0 Å². The first-order valence-electron chi connectivity index (χ1n) is 10.7. The number of nitrogens with zero attached hydrogens (tertiary/aromatic N) is 3. The summed E-state index contributed by atoms with van der Waals surface area (Å²) in [5.74, 6) is 0. The molecule has 1 fully saturated rings. The summed E-state index contributed by atoms with van der Waals surface area (Å²) >= 11 is 0. The zero-order valence-electron chi connectivity index (χ0n) is 17.9. The number of benzene rings is 2. The van der Waals surface area contributed by atoms with Crippen molar-refractivity contribution < 1.29 is 0 Å². The van der Waals surface area contributed by atoms with Gasteiger partial charge in [-0.25, -0.2) is 0 Å². The zero-order chi connectivity index (χ0) is 20.8. The van der Waals surface area contributed by atoms with E-state index >= 15 is 0 Å². The number of anilines is 2. The van der Waals surface area contributed by atoms with Crippen molar-refractivity contribution in [2.24, 2.45) is 0 Å². The monoisotopic (exact) mass is 401 g/mol. The van der Waals surface area contributed by atoms with Gasteiger partial charge in [0.05, 0.1) is 6.17 Å². The van der Waals surface area contributed by atoms with Crippen LogP contribution in [0.4, 0.5) is 11.4 Å². The average molecular weight is 402 g/mol. The molecule has 0 atom stereocenters. The van der Waals surface area contributed by atoms with Gasteiger partial charge in [0.25, 0.3) is 0 Å². The van der Waals surface area contributed by atoms with Crippen LogP contribution in [0.3, 0.4) is 0 Å². The molecule has 30 heavy (non-hydrogen) atoms. The van der Waals surface area contributed by atoms with Crippen LogP contribution in [0, 0.1) is 0 Å². The van der Waals surface area contributed by atoms with Crippen LogP contribution in [0.2, 0.25) is 0 Å². The zero-order valence-corrected chi connectivity index (χ0v) is 17.9. The van der Waals surface area contributed by atoms with E-state index in [1.54, 1.807) is 0 Å². The molecule has 1 aliphatic rings. The van der Waals surface area contributed by atoms with E-state index in [4.69, 9.17) is 0 Å². The van der Waals surface area contributed by atoms with Crippen molar-refractivity contribution in [3.63, 3.8) is 0 Å². The number of para-hydroxylation sites is 2. The van der Waals surface area contributed by atoms with Crippen LogP contribution < -0.4 is 10.6 Å². The van der Waals surface area contributed by atoms with Crippen molar-refractivity contribution in [3.8, 4) is 0 Å². The number of pyridine rings is 1. The van der Waals surface area contributed by atoms with Crippen LogP contribution in [-0.2, 0) is 13.1 Å². The molecule has 0 bridgehead atoms. The predicted molar refractivity (Wildman–Crippen MR) is 124 cm³/mol. The maximum Gasteiger partial charge on any atom is 0.0893 e. The van der Waals surface area contributed by atoms with Gasteiger partial charge in [0.2, 0.25) is 0 Å². The summed E-state index contributed by atoms with van der Waals surface area (Å²) in [6.07, 6.45) is 5.19. The van der Waals surface area contributed by atoms with Crippen molar-refractivity contribution in [2.75, 3.05) is 37.8 Å². The highest BCUT2D eigenvalue weighted by molar-refractivity contribution is 5.51. The number of rotatable bonds is 7. The summed E-state index contributed by atoms with van der Waals surface area (Å²) in [4.78, 5) is 9.44. The molecule has 1 aromatic heterocycles. The normalized spacial score (nSPS) is 15.8. The van der Waals surface area contributed by atoms with Crippen molar-refractivity contribution in [3.05, 3.63) is 89.7 Å². The third-order valence-electron chi connectivity index (χ3n) is 5.91. The molecule has 2 heterocycles. The Hall–Kier alpha value is -2.89. The number of hydrogen-bond acceptors (Lipinski definition) is 5. The highest BCUT2D eigenvalue weighted by Crippen LogP contribution is 2.33. The summed E-state index contributed by atoms with van der Waals surface area (Å²) in [7, 11) is 3.99. The van der Waals surface area contributed by atoms with Gasteiger partial charge in [0.15, 0.2) is 0 Å². The van der Waals surface area contributed by atoms with E-state index in [0.717, 1.165) is 32.6 Å². The van der Waals surface area contributed by atoms with E-state index < -0.39 is 0 Å². The van der Waals surface area contributed by atoms with Crippen LogP contribution in [0.25, 0.3) is 0 Å². The van der Waals surface area contributed by atoms with Gasteiger partial charge in [-0.3, -0.25) is 14.8 Å². The predicted octanol–water partition coefficient (Wildman–Crippen LogP) is 4.57. The van der Waals surface area contributed by atoms with Crippen LogP contribution in [0.15, 0.2) is 73.1 Å². The lowest BCUT2D eigenvalue weighted by Gasteiger charge is -2.44. The van der Waals surface area contributed by atoms with Crippen LogP contribution in [0.5, 0.6) is 0 Å². The number of nitrogens with one attached hydrogen (secondary N) is 2. The third-order valence-corrected chi connectivity index (χ3v) is 5.91. The lowest BCUT2D eigenvalue weighted by atomic mass is 10.0. The van der Waals surface area contributed by atoms with E-state index in [0.29, 0.717) is 0 Å². The molecule has 1 aliphatic heterocycles. The second-order valence-corrected chi connectivity index (χ2v) is 7.76. The van der Waals surface area contributed by atoms with Crippen molar-refractivity contribution in [1.29, 1.82) is 0 Å². The second kappa shape index (κ2) is 9.74. The van der Waals surface area contributed by atoms with Gasteiger partial charge in [-0.2, -0.15) is 0 Å². The Labute approximate surface area is 179 Å². The fourth-order valence-corrected chi connectivity index (χ4v) is 4.48.